The molecule has 0 bridgehead atoms. The zero-order valence-electron chi connectivity index (χ0n) is 14.4. The molecule has 4 rings (SSSR count). The molecule has 3 heterocycles. The predicted molar refractivity (Wildman–Crippen MR) is 98.7 cm³/mol. The fraction of sp³-hybridized carbons (Fsp3) is 0.368. The van der Waals surface area contributed by atoms with E-state index in [1.54, 1.807) is 6.33 Å². The smallest absolute Gasteiger partial charge is 0.142 e. The molecule has 0 amide bonds. The molecule has 1 aliphatic rings. The molecule has 1 aliphatic heterocycles. The summed E-state index contributed by atoms with van der Waals surface area (Å²) in [5.74, 6) is 0.866. The van der Waals surface area contributed by atoms with Gasteiger partial charge in [0.05, 0.1) is 24.6 Å². The molecule has 6 heteroatoms. The summed E-state index contributed by atoms with van der Waals surface area (Å²) in [6.45, 7) is 6.57. The fourth-order valence-electron chi connectivity index (χ4n) is 3.23. The van der Waals surface area contributed by atoms with Crippen molar-refractivity contribution < 1.29 is 4.74 Å². The monoisotopic (exact) mass is 337 g/mol. The van der Waals surface area contributed by atoms with E-state index in [-0.39, 0.29) is 6.04 Å². The van der Waals surface area contributed by atoms with E-state index < -0.39 is 0 Å². The van der Waals surface area contributed by atoms with Crippen LogP contribution in [0.2, 0.25) is 0 Å². The van der Waals surface area contributed by atoms with Crippen LogP contribution in [0.4, 0.5) is 5.82 Å². The summed E-state index contributed by atoms with van der Waals surface area (Å²) in [4.78, 5) is 14.3. The number of hydrogen-bond acceptors (Lipinski definition) is 5. The Morgan fingerprint density at radius 1 is 1.16 bits per heavy atom. The van der Waals surface area contributed by atoms with Crippen molar-refractivity contribution in [1.29, 1.82) is 0 Å². The molecule has 0 aliphatic carbocycles. The van der Waals surface area contributed by atoms with Crippen LogP contribution in [0.3, 0.4) is 0 Å². The van der Waals surface area contributed by atoms with Crippen LogP contribution < -0.4 is 5.32 Å². The van der Waals surface area contributed by atoms with Gasteiger partial charge in [-0.1, -0.05) is 29.8 Å². The molecule has 0 saturated carbocycles. The number of H-pyrrole nitrogens is 1. The minimum Gasteiger partial charge on any atom is -0.379 e. The summed E-state index contributed by atoms with van der Waals surface area (Å²) in [6.07, 6.45) is 3.50. The number of anilines is 1. The van der Waals surface area contributed by atoms with Gasteiger partial charge in [-0.2, -0.15) is 0 Å². The van der Waals surface area contributed by atoms with Gasteiger partial charge in [-0.3, -0.25) is 4.90 Å². The highest BCUT2D eigenvalue weighted by atomic mass is 16.5. The van der Waals surface area contributed by atoms with Gasteiger partial charge in [0.25, 0.3) is 0 Å². The first-order chi connectivity index (χ1) is 12.3. The van der Waals surface area contributed by atoms with E-state index in [0.717, 1.165) is 49.7 Å². The maximum absolute atomic E-state index is 5.48. The Kier molecular flexibility index (Phi) is 4.63. The maximum Gasteiger partial charge on any atom is 0.142 e. The van der Waals surface area contributed by atoms with Gasteiger partial charge in [-0.25, -0.2) is 9.97 Å². The van der Waals surface area contributed by atoms with Crippen molar-refractivity contribution in [3.05, 3.63) is 54.0 Å². The summed E-state index contributed by atoms with van der Waals surface area (Å²) in [6, 6.07) is 10.9. The lowest BCUT2D eigenvalue weighted by molar-refractivity contribution is 0.0361. The third-order valence-electron chi connectivity index (χ3n) is 4.69. The van der Waals surface area contributed by atoms with E-state index in [1.165, 1.54) is 11.1 Å². The Labute approximate surface area is 147 Å². The first-order valence-corrected chi connectivity index (χ1v) is 8.71. The molecule has 1 atom stereocenters. The Bertz CT molecular complexity index is 823. The van der Waals surface area contributed by atoms with Crippen LogP contribution in [0.5, 0.6) is 0 Å². The molecule has 1 aromatic carbocycles. The average molecular weight is 337 g/mol. The van der Waals surface area contributed by atoms with Gasteiger partial charge in [-0.15, -0.1) is 0 Å². The SMILES string of the molecule is Cc1ccc(C(CN2CCOCC2)Nc2ncnc3[nH]ccc23)cc1. The summed E-state index contributed by atoms with van der Waals surface area (Å²) < 4.78 is 5.48. The minimum absolute atomic E-state index is 0.159. The number of hydrogen-bond donors (Lipinski definition) is 2. The summed E-state index contributed by atoms with van der Waals surface area (Å²) in [5.41, 5.74) is 3.38. The molecule has 6 nitrogen and oxygen atoms in total. The van der Waals surface area contributed by atoms with E-state index >= 15 is 0 Å². The number of rotatable bonds is 5. The normalized spacial score (nSPS) is 16.8. The minimum atomic E-state index is 0.159. The van der Waals surface area contributed by atoms with Crippen LogP contribution in [-0.4, -0.2) is 52.7 Å². The van der Waals surface area contributed by atoms with Gasteiger partial charge in [0.15, 0.2) is 0 Å². The van der Waals surface area contributed by atoms with E-state index in [1.807, 2.05) is 12.3 Å². The molecule has 25 heavy (non-hydrogen) atoms. The molecular weight excluding hydrogens is 314 g/mol. The van der Waals surface area contributed by atoms with E-state index in [0.29, 0.717) is 0 Å². The predicted octanol–water partition coefficient (Wildman–Crippen LogP) is 2.75. The van der Waals surface area contributed by atoms with Gasteiger partial charge < -0.3 is 15.0 Å². The molecule has 0 spiro atoms. The third-order valence-corrected chi connectivity index (χ3v) is 4.69. The lowest BCUT2D eigenvalue weighted by Gasteiger charge is -2.31. The highest BCUT2D eigenvalue weighted by molar-refractivity contribution is 5.86. The zero-order chi connectivity index (χ0) is 17.1. The van der Waals surface area contributed by atoms with E-state index in [2.05, 4.69) is 56.4 Å². The molecular formula is C19H23N5O. The van der Waals surface area contributed by atoms with Crippen LogP contribution in [0, 0.1) is 6.92 Å². The lowest BCUT2D eigenvalue weighted by atomic mass is 10.0. The number of nitrogens with one attached hydrogen (secondary N) is 2. The van der Waals surface area contributed by atoms with E-state index in [9.17, 15) is 0 Å². The first-order valence-electron chi connectivity index (χ1n) is 8.71. The second-order valence-corrected chi connectivity index (χ2v) is 6.48. The molecule has 2 aromatic heterocycles. The molecule has 1 saturated heterocycles. The number of benzene rings is 1. The first kappa shape index (κ1) is 16.1. The Balaban J connectivity index is 1.62. The standard InChI is InChI=1S/C19H23N5O/c1-14-2-4-15(5-3-14)17(12-24-8-10-25-11-9-24)23-19-16-6-7-20-18(16)21-13-22-19/h2-7,13,17H,8-12H2,1H3,(H2,20,21,22,23). The van der Waals surface area contributed by atoms with Gasteiger partial charge in [0.1, 0.15) is 17.8 Å². The number of aryl methyl sites for hydroxylation is 1. The number of aromatic nitrogens is 3. The number of nitrogens with zero attached hydrogens (tertiary/aromatic N) is 3. The van der Waals surface area contributed by atoms with Crippen LogP contribution in [0.15, 0.2) is 42.9 Å². The van der Waals surface area contributed by atoms with Gasteiger partial charge in [-0.05, 0) is 18.6 Å². The Morgan fingerprint density at radius 3 is 2.76 bits per heavy atom. The molecule has 130 valence electrons. The van der Waals surface area contributed by atoms with Crippen molar-refractivity contribution in [2.45, 2.75) is 13.0 Å². The molecule has 1 fully saturated rings. The quantitative estimate of drug-likeness (QED) is 0.749. The van der Waals surface area contributed by atoms with Crippen LogP contribution in [0.1, 0.15) is 17.2 Å². The van der Waals surface area contributed by atoms with Crippen molar-refractivity contribution in [2.24, 2.45) is 0 Å². The average Bonchev–Trinajstić information content (AvgIpc) is 3.12. The number of aromatic amines is 1. The van der Waals surface area contributed by atoms with Crippen molar-refractivity contribution in [3.8, 4) is 0 Å². The molecule has 2 N–H and O–H groups in total. The molecule has 0 radical (unpaired) electrons. The van der Waals surface area contributed by atoms with Crippen LogP contribution >= 0.6 is 0 Å². The highest BCUT2D eigenvalue weighted by Gasteiger charge is 2.19. The third kappa shape index (κ3) is 3.65. The Hall–Kier alpha value is -2.44. The van der Waals surface area contributed by atoms with Gasteiger partial charge in [0.2, 0.25) is 0 Å². The van der Waals surface area contributed by atoms with Crippen molar-refractivity contribution in [3.63, 3.8) is 0 Å². The maximum atomic E-state index is 5.48. The summed E-state index contributed by atoms with van der Waals surface area (Å²) in [7, 11) is 0. The summed E-state index contributed by atoms with van der Waals surface area (Å²) in [5, 5.41) is 4.65. The van der Waals surface area contributed by atoms with Crippen molar-refractivity contribution in [1.82, 2.24) is 19.9 Å². The Morgan fingerprint density at radius 2 is 1.96 bits per heavy atom. The lowest BCUT2D eigenvalue weighted by Crippen LogP contribution is -2.40. The van der Waals surface area contributed by atoms with Crippen LogP contribution in [0.25, 0.3) is 11.0 Å². The summed E-state index contributed by atoms with van der Waals surface area (Å²) >= 11 is 0. The largest absolute Gasteiger partial charge is 0.379 e. The van der Waals surface area contributed by atoms with Crippen molar-refractivity contribution >= 4 is 16.9 Å². The highest BCUT2D eigenvalue weighted by Crippen LogP contribution is 2.25. The van der Waals surface area contributed by atoms with Gasteiger partial charge >= 0.3 is 0 Å². The van der Waals surface area contributed by atoms with Crippen molar-refractivity contribution in [2.75, 3.05) is 38.2 Å². The number of fused-ring (bicyclic) bond motifs is 1. The zero-order valence-corrected chi connectivity index (χ0v) is 14.4. The fourth-order valence-corrected chi connectivity index (χ4v) is 3.23. The number of morpholine rings is 1. The molecule has 3 aromatic rings. The van der Waals surface area contributed by atoms with Gasteiger partial charge in [0, 0.05) is 25.8 Å². The van der Waals surface area contributed by atoms with Crippen LogP contribution in [-0.2, 0) is 4.74 Å². The molecule has 1 unspecified atom stereocenters. The second kappa shape index (κ2) is 7.21. The number of ether oxygens (including phenoxy) is 1. The topological polar surface area (TPSA) is 66.1 Å². The van der Waals surface area contributed by atoms with E-state index in [4.69, 9.17) is 4.74 Å². The second-order valence-electron chi connectivity index (χ2n) is 6.48.